The summed E-state index contributed by atoms with van der Waals surface area (Å²) in [7, 11) is -4.75. The molecule has 0 aliphatic heterocycles. The van der Waals surface area contributed by atoms with Crippen LogP contribution in [0.5, 0.6) is 5.75 Å². The van der Waals surface area contributed by atoms with Crippen molar-refractivity contribution >= 4 is 32.5 Å². The first-order chi connectivity index (χ1) is 11.4. The topological polar surface area (TPSA) is 104 Å². The van der Waals surface area contributed by atoms with Crippen LogP contribution >= 0.6 is 0 Å². The monoisotopic (exact) mass is 343 g/mol. The van der Waals surface area contributed by atoms with Gasteiger partial charge in [0.25, 0.3) is 16.0 Å². The Morgan fingerprint density at radius 2 is 1.58 bits per heavy atom. The van der Waals surface area contributed by atoms with Crippen LogP contribution < -0.4 is 5.32 Å². The second kappa shape index (κ2) is 5.95. The van der Waals surface area contributed by atoms with E-state index in [4.69, 9.17) is 0 Å². The Hall–Kier alpha value is -2.90. The van der Waals surface area contributed by atoms with E-state index < -0.39 is 26.7 Å². The van der Waals surface area contributed by atoms with Crippen molar-refractivity contribution < 1.29 is 22.9 Å². The first kappa shape index (κ1) is 16.0. The minimum atomic E-state index is -4.75. The van der Waals surface area contributed by atoms with Crippen LogP contribution in [0.2, 0.25) is 0 Å². The van der Waals surface area contributed by atoms with Crippen molar-refractivity contribution in [3.63, 3.8) is 0 Å². The second-order valence-electron chi connectivity index (χ2n) is 5.12. The van der Waals surface area contributed by atoms with Gasteiger partial charge in [0.1, 0.15) is 5.75 Å². The minimum absolute atomic E-state index is 0.165. The van der Waals surface area contributed by atoms with Gasteiger partial charge in [-0.2, -0.15) is 8.42 Å². The third kappa shape index (κ3) is 2.94. The molecule has 0 unspecified atom stereocenters. The Labute approximate surface area is 138 Å². The van der Waals surface area contributed by atoms with Gasteiger partial charge < -0.3 is 10.4 Å². The van der Waals surface area contributed by atoms with Crippen LogP contribution in [-0.2, 0) is 10.1 Å². The van der Waals surface area contributed by atoms with E-state index in [0.717, 1.165) is 0 Å². The van der Waals surface area contributed by atoms with Crippen LogP contribution in [0.25, 0.3) is 10.8 Å². The van der Waals surface area contributed by atoms with Crippen LogP contribution in [0.3, 0.4) is 0 Å². The van der Waals surface area contributed by atoms with E-state index in [-0.39, 0.29) is 5.69 Å². The highest BCUT2D eigenvalue weighted by Crippen LogP contribution is 2.38. The standard InChI is InChI=1S/C17H13NO5S/c19-14-10-12-8-4-5-9-13(12)15(16(14)24(21,22)23)18-17(20)11-6-2-1-3-7-11/h1-10,19H,(H,18,20)(H,21,22,23). The molecular weight excluding hydrogens is 330 g/mol. The molecule has 6 nitrogen and oxygen atoms in total. The van der Waals surface area contributed by atoms with Crippen molar-refractivity contribution in [3.8, 4) is 5.75 Å². The molecule has 0 aliphatic carbocycles. The van der Waals surface area contributed by atoms with Crippen molar-refractivity contribution in [2.75, 3.05) is 5.32 Å². The SMILES string of the molecule is O=C(Nc1c(S(=O)(=O)O)c(O)cc2ccccc12)c1ccccc1. The largest absolute Gasteiger partial charge is 0.506 e. The van der Waals surface area contributed by atoms with Crippen LogP contribution in [0.15, 0.2) is 65.6 Å². The molecule has 3 aromatic rings. The predicted octanol–water partition coefficient (Wildman–Crippen LogP) is 3.04. The molecule has 7 heteroatoms. The number of carbonyl (C=O) groups is 1. The van der Waals surface area contributed by atoms with Gasteiger partial charge in [-0.15, -0.1) is 0 Å². The van der Waals surface area contributed by atoms with E-state index in [1.165, 1.54) is 6.07 Å². The van der Waals surface area contributed by atoms with Gasteiger partial charge in [-0.3, -0.25) is 9.35 Å². The van der Waals surface area contributed by atoms with Gasteiger partial charge in [0.15, 0.2) is 4.90 Å². The number of anilines is 1. The molecule has 0 heterocycles. The average Bonchev–Trinajstić information content (AvgIpc) is 2.54. The van der Waals surface area contributed by atoms with Gasteiger partial charge in [0.2, 0.25) is 0 Å². The third-order valence-corrected chi connectivity index (χ3v) is 4.44. The second-order valence-corrected chi connectivity index (χ2v) is 6.47. The minimum Gasteiger partial charge on any atom is -0.506 e. The lowest BCUT2D eigenvalue weighted by Gasteiger charge is -2.14. The Morgan fingerprint density at radius 1 is 0.958 bits per heavy atom. The molecule has 0 aliphatic rings. The third-order valence-electron chi connectivity index (χ3n) is 3.51. The molecule has 0 spiro atoms. The normalized spacial score (nSPS) is 11.4. The Kier molecular flexibility index (Phi) is 3.96. The molecule has 3 N–H and O–H groups in total. The van der Waals surface area contributed by atoms with Crippen molar-refractivity contribution in [2.24, 2.45) is 0 Å². The molecule has 0 aromatic heterocycles. The van der Waals surface area contributed by atoms with Crippen LogP contribution in [0.4, 0.5) is 5.69 Å². The summed E-state index contributed by atoms with van der Waals surface area (Å²) in [5.41, 5.74) is 0.146. The fourth-order valence-corrected chi connectivity index (χ4v) is 3.22. The molecule has 0 atom stereocenters. The maximum absolute atomic E-state index is 12.4. The number of carbonyl (C=O) groups excluding carboxylic acids is 1. The molecule has 24 heavy (non-hydrogen) atoms. The number of phenols is 1. The lowest BCUT2D eigenvalue weighted by molar-refractivity contribution is 0.102. The maximum atomic E-state index is 12.4. The molecule has 3 aromatic carbocycles. The molecule has 0 fully saturated rings. The highest BCUT2D eigenvalue weighted by Gasteiger charge is 2.25. The summed E-state index contributed by atoms with van der Waals surface area (Å²) in [5.74, 6) is -1.20. The Balaban J connectivity index is 2.23. The smallest absolute Gasteiger partial charge is 0.300 e. The summed E-state index contributed by atoms with van der Waals surface area (Å²) in [6, 6.07) is 16.0. The lowest BCUT2D eigenvalue weighted by atomic mass is 10.1. The number of hydrogen-bond acceptors (Lipinski definition) is 4. The summed E-state index contributed by atoms with van der Waals surface area (Å²) < 4.78 is 32.8. The van der Waals surface area contributed by atoms with Gasteiger partial charge in [-0.05, 0) is 23.6 Å². The molecule has 0 radical (unpaired) electrons. The molecule has 3 rings (SSSR count). The summed E-state index contributed by atoms with van der Waals surface area (Å²) >= 11 is 0. The van der Waals surface area contributed by atoms with E-state index in [0.29, 0.717) is 16.3 Å². The maximum Gasteiger partial charge on any atom is 0.300 e. The summed E-state index contributed by atoms with van der Waals surface area (Å²) in [6.07, 6.45) is 0. The van der Waals surface area contributed by atoms with E-state index in [1.807, 2.05) is 0 Å². The average molecular weight is 343 g/mol. The zero-order valence-electron chi connectivity index (χ0n) is 12.3. The zero-order chi connectivity index (χ0) is 17.3. The molecule has 0 saturated carbocycles. The zero-order valence-corrected chi connectivity index (χ0v) is 13.1. The summed E-state index contributed by atoms with van der Waals surface area (Å²) in [6.45, 7) is 0. The first-order valence-corrected chi connectivity index (χ1v) is 8.40. The van der Waals surface area contributed by atoms with Crippen molar-refractivity contribution in [3.05, 3.63) is 66.2 Å². The number of benzene rings is 3. The molecular formula is C17H13NO5S. The predicted molar refractivity (Wildman–Crippen MR) is 89.8 cm³/mol. The number of hydrogen-bond donors (Lipinski definition) is 3. The number of amides is 1. The van der Waals surface area contributed by atoms with E-state index in [2.05, 4.69) is 5.32 Å². The van der Waals surface area contributed by atoms with Gasteiger partial charge in [-0.1, -0.05) is 42.5 Å². The Morgan fingerprint density at radius 3 is 2.25 bits per heavy atom. The van der Waals surface area contributed by atoms with Gasteiger partial charge in [0.05, 0.1) is 5.69 Å². The van der Waals surface area contributed by atoms with E-state index in [1.54, 1.807) is 54.6 Å². The fraction of sp³-hybridized carbons (Fsp3) is 0. The highest BCUT2D eigenvalue weighted by atomic mass is 32.2. The Bertz CT molecular complexity index is 1030. The lowest BCUT2D eigenvalue weighted by Crippen LogP contribution is -2.15. The summed E-state index contributed by atoms with van der Waals surface area (Å²) in [5, 5.41) is 13.4. The molecule has 0 saturated heterocycles. The number of aromatic hydroxyl groups is 1. The van der Waals surface area contributed by atoms with E-state index in [9.17, 15) is 22.9 Å². The van der Waals surface area contributed by atoms with Gasteiger partial charge in [-0.25, -0.2) is 0 Å². The van der Waals surface area contributed by atoms with Crippen molar-refractivity contribution in [1.82, 2.24) is 0 Å². The van der Waals surface area contributed by atoms with Gasteiger partial charge in [0, 0.05) is 10.9 Å². The summed E-state index contributed by atoms with van der Waals surface area (Å²) in [4.78, 5) is 11.6. The first-order valence-electron chi connectivity index (χ1n) is 6.96. The molecule has 122 valence electrons. The number of phenolic OH excluding ortho intramolecular Hbond substituents is 1. The molecule has 1 amide bonds. The van der Waals surface area contributed by atoms with Gasteiger partial charge >= 0.3 is 0 Å². The molecule has 0 bridgehead atoms. The van der Waals surface area contributed by atoms with Crippen LogP contribution in [0.1, 0.15) is 10.4 Å². The number of nitrogens with one attached hydrogen (secondary N) is 1. The number of rotatable bonds is 3. The fourth-order valence-electron chi connectivity index (χ4n) is 2.47. The van der Waals surface area contributed by atoms with E-state index >= 15 is 0 Å². The van der Waals surface area contributed by atoms with Crippen LogP contribution in [0, 0.1) is 0 Å². The number of fused-ring (bicyclic) bond motifs is 1. The van der Waals surface area contributed by atoms with Crippen molar-refractivity contribution in [1.29, 1.82) is 0 Å². The highest BCUT2D eigenvalue weighted by molar-refractivity contribution is 7.86. The van der Waals surface area contributed by atoms with Crippen molar-refractivity contribution in [2.45, 2.75) is 4.90 Å². The quantitative estimate of drug-likeness (QED) is 0.634. The van der Waals surface area contributed by atoms with Crippen LogP contribution in [-0.4, -0.2) is 24.0 Å².